The number of ether oxygens (including phenoxy) is 1. The number of rotatable bonds is 3. The van der Waals surface area contributed by atoms with Crippen LogP contribution in [0.2, 0.25) is 0 Å². The lowest BCUT2D eigenvalue weighted by atomic mass is 9.91. The summed E-state index contributed by atoms with van der Waals surface area (Å²) < 4.78 is 5.25. The Morgan fingerprint density at radius 2 is 1.89 bits per heavy atom. The number of hydrogen-bond acceptors (Lipinski definition) is 2. The minimum Gasteiger partial charge on any atom is -0.497 e. The molecular formula is C16H19NO. The van der Waals surface area contributed by atoms with Crippen LogP contribution in [0.5, 0.6) is 5.75 Å². The molecule has 0 saturated heterocycles. The van der Waals surface area contributed by atoms with E-state index in [0.717, 1.165) is 12.3 Å². The van der Waals surface area contributed by atoms with E-state index in [0.29, 0.717) is 5.92 Å². The molecule has 1 aliphatic rings. The molecule has 2 aromatic carbocycles. The lowest BCUT2D eigenvalue weighted by molar-refractivity contribution is 0.415. The zero-order valence-corrected chi connectivity index (χ0v) is 10.9. The fourth-order valence-electron chi connectivity index (χ4n) is 2.95. The predicted molar refractivity (Wildman–Crippen MR) is 75.0 cm³/mol. The SMILES string of the molecule is COc1ccc2cc(C3(CN)CC3C)ccc2c1. The van der Waals surface area contributed by atoms with E-state index in [1.165, 1.54) is 22.8 Å². The van der Waals surface area contributed by atoms with E-state index >= 15 is 0 Å². The summed E-state index contributed by atoms with van der Waals surface area (Å²) in [5.74, 6) is 1.61. The van der Waals surface area contributed by atoms with Crippen LogP contribution < -0.4 is 10.5 Å². The van der Waals surface area contributed by atoms with Gasteiger partial charge in [-0.25, -0.2) is 0 Å². The highest BCUT2D eigenvalue weighted by Crippen LogP contribution is 2.53. The Balaban J connectivity index is 2.07. The molecule has 18 heavy (non-hydrogen) atoms. The average molecular weight is 241 g/mol. The highest BCUT2D eigenvalue weighted by atomic mass is 16.5. The first-order valence-corrected chi connectivity index (χ1v) is 6.48. The van der Waals surface area contributed by atoms with Crippen LogP contribution in [0.25, 0.3) is 10.8 Å². The van der Waals surface area contributed by atoms with Crippen LogP contribution in [-0.2, 0) is 5.41 Å². The van der Waals surface area contributed by atoms with Crippen molar-refractivity contribution in [2.45, 2.75) is 18.8 Å². The second kappa shape index (κ2) is 3.99. The van der Waals surface area contributed by atoms with Crippen molar-refractivity contribution in [3.8, 4) is 5.75 Å². The third-order valence-corrected chi connectivity index (χ3v) is 4.44. The lowest BCUT2D eigenvalue weighted by Crippen LogP contribution is -2.21. The second-order valence-electron chi connectivity index (χ2n) is 5.39. The number of benzene rings is 2. The van der Waals surface area contributed by atoms with Crippen LogP contribution in [0.15, 0.2) is 36.4 Å². The largest absolute Gasteiger partial charge is 0.497 e. The molecule has 0 aliphatic heterocycles. The first-order chi connectivity index (χ1) is 8.69. The molecule has 0 bridgehead atoms. The van der Waals surface area contributed by atoms with Gasteiger partial charge in [0.25, 0.3) is 0 Å². The van der Waals surface area contributed by atoms with Crippen molar-refractivity contribution in [3.05, 3.63) is 42.0 Å². The van der Waals surface area contributed by atoms with Crippen LogP contribution in [0.1, 0.15) is 18.9 Å². The molecule has 2 nitrogen and oxygen atoms in total. The zero-order chi connectivity index (χ0) is 12.8. The normalized spacial score (nSPS) is 26.3. The van der Waals surface area contributed by atoms with Gasteiger partial charge in [0.2, 0.25) is 0 Å². The Morgan fingerprint density at radius 3 is 2.50 bits per heavy atom. The second-order valence-corrected chi connectivity index (χ2v) is 5.39. The molecule has 94 valence electrons. The van der Waals surface area contributed by atoms with Gasteiger partial charge in [-0.3, -0.25) is 0 Å². The Morgan fingerprint density at radius 1 is 1.22 bits per heavy atom. The van der Waals surface area contributed by atoms with Crippen molar-refractivity contribution in [2.24, 2.45) is 11.7 Å². The van der Waals surface area contributed by atoms with Crippen molar-refractivity contribution in [2.75, 3.05) is 13.7 Å². The van der Waals surface area contributed by atoms with E-state index in [9.17, 15) is 0 Å². The quantitative estimate of drug-likeness (QED) is 0.896. The van der Waals surface area contributed by atoms with Crippen LogP contribution in [-0.4, -0.2) is 13.7 Å². The molecule has 3 rings (SSSR count). The molecule has 0 amide bonds. The van der Waals surface area contributed by atoms with E-state index in [2.05, 4.69) is 37.3 Å². The maximum absolute atomic E-state index is 5.96. The van der Waals surface area contributed by atoms with E-state index in [4.69, 9.17) is 10.5 Å². The molecule has 2 heteroatoms. The smallest absolute Gasteiger partial charge is 0.119 e. The molecule has 1 saturated carbocycles. The molecule has 2 atom stereocenters. The summed E-state index contributed by atoms with van der Waals surface area (Å²) in [6.07, 6.45) is 1.21. The first kappa shape index (κ1) is 11.5. The zero-order valence-electron chi connectivity index (χ0n) is 10.9. The van der Waals surface area contributed by atoms with Crippen molar-refractivity contribution in [1.82, 2.24) is 0 Å². The Labute approximate surface area is 108 Å². The number of methoxy groups -OCH3 is 1. The van der Waals surface area contributed by atoms with E-state index in [1.807, 2.05) is 6.07 Å². The summed E-state index contributed by atoms with van der Waals surface area (Å²) in [4.78, 5) is 0. The van der Waals surface area contributed by atoms with Crippen LogP contribution in [0.3, 0.4) is 0 Å². The predicted octanol–water partition coefficient (Wildman–Crippen LogP) is 3.08. The molecule has 0 spiro atoms. The van der Waals surface area contributed by atoms with E-state index in [1.54, 1.807) is 7.11 Å². The van der Waals surface area contributed by atoms with Crippen LogP contribution >= 0.6 is 0 Å². The standard InChI is InChI=1S/C16H19NO/c1-11-9-16(11,10-17)14-5-3-13-8-15(18-2)6-4-12(13)7-14/h3-8,11H,9-10,17H2,1-2H3. The van der Waals surface area contributed by atoms with Gasteiger partial charge in [-0.1, -0.05) is 31.2 Å². The van der Waals surface area contributed by atoms with Gasteiger partial charge in [0.1, 0.15) is 5.75 Å². The monoisotopic (exact) mass is 241 g/mol. The number of hydrogen-bond donors (Lipinski definition) is 1. The van der Waals surface area contributed by atoms with Gasteiger partial charge < -0.3 is 10.5 Å². The van der Waals surface area contributed by atoms with Crippen molar-refractivity contribution >= 4 is 10.8 Å². The summed E-state index contributed by atoms with van der Waals surface area (Å²) in [6.45, 7) is 3.03. The molecule has 0 radical (unpaired) electrons. The highest BCUT2D eigenvalue weighted by Gasteiger charge is 2.50. The van der Waals surface area contributed by atoms with E-state index in [-0.39, 0.29) is 5.41 Å². The third-order valence-electron chi connectivity index (χ3n) is 4.44. The average Bonchev–Trinajstić information content (AvgIpc) is 3.09. The number of nitrogens with two attached hydrogens (primary N) is 1. The summed E-state index contributed by atoms with van der Waals surface area (Å²) in [6, 6.07) is 12.9. The summed E-state index contributed by atoms with van der Waals surface area (Å²) in [5, 5.41) is 2.48. The van der Waals surface area contributed by atoms with E-state index < -0.39 is 0 Å². The molecule has 1 aliphatic carbocycles. The first-order valence-electron chi connectivity index (χ1n) is 6.48. The van der Waals surface area contributed by atoms with Crippen molar-refractivity contribution in [3.63, 3.8) is 0 Å². The topological polar surface area (TPSA) is 35.2 Å². The molecule has 2 unspecified atom stereocenters. The van der Waals surface area contributed by atoms with Gasteiger partial charge in [0.05, 0.1) is 7.11 Å². The maximum Gasteiger partial charge on any atom is 0.119 e. The fraction of sp³-hybridized carbons (Fsp3) is 0.375. The van der Waals surface area contributed by atoms with Crippen molar-refractivity contribution < 1.29 is 4.74 Å². The van der Waals surface area contributed by atoms with Gasteiger partial charge in [0.15, 0.2) is 0 Å². The number of fused-ring (bicyclic) bond motifs is 1. The van der Waals surface area contributed by atoms with Crippen LogP contribution in [0.4, 0.5) is 0 Å². The minimum absolute atomic E-state index is 0.230. The maximum atomic E-state index is 5.96. The molecule has 1 fully saturated rings. The summed E-state index contributed by atoms with van der Waals surface area (Å²) in [7, 11) is 1.70. The molecular weight excluding hydrogens is 222 g/mol. The molecule has 2 N–H and O–H groups in total. The Bertz CT molecular complexity index is 589. The minimum atomic E-state index is 0.230. The summed E-state index contributed by atoms with van der Waals surface area (Å²) in [5.41, 5.74) is 7.58. The highest BCUT2D eigenvalue weighted by molar-refractivity contribution is 5.85. The third kappa shape index (κ3) is 1.60. The molecule has 2 aromatic rings. The Kier molecular flexibility index (Phi) is 2.56. The summed E-state index contributed by atoms with van der Waals surface area (Å²) >= 11 is 0. The molecule has 0 heterocycles. The van der Waals surface area contributed by atoms with Gasteiger partial charge in [-0.15, -0.1) is 0 Å². The van der Waals surface area contributed by atoms with Gasteiger partial charge >= 0.3 is 0 Å². The Hall–Kier alpha value is -1.54. The lowest BCUT2D eigenvalue weighted by Gasteiger charge is -2.15. The van der Waals surface area contributed by atoms with Gasteiger partial charge in [-0.2, -0.15) is 0 Å². The van der Waals surface area contributed by atoms with Crippen LogP contribution in [0, 0.1) is 5.92 Å². The van der Waals surface area contributed by atoms with Crippen molar-refractivity contribution in [1.29, 1.82) is 0 Å². The fourth-order valence-corrected chi connectivity index (χ4v) is 2.95. The van der Waals surface area contributed by atoms with Gasteiger partial charge in [0, 0.05) is 12.0 Å². The van der Waals surface area contributed by atoms with Gasteiger partial charge in [-0.05, 0) is 40.8 Å². The molecule has 0 aromatic heterocycles.